The van der Waals surface area contributed by atoms with E-state index in [0.717, 1.165) is 90.9 Å². The Morgan fingerprint density at radius 3 is 1.92 bits per heavy atom. The van der Waals surface area contributed by atoms with Crippen LogP contribution in [-0.4, -0.2) is 86.4 Å². The molecule has 0 unspecified atom stereocenters. The van der Waals surface area contributed by atoms with E-state index in [0.29, 0.717) is 37.9 Å². The van der Waals surface area contributed by atoms with Gasteiger partial charge in [-0.3, -0.25) is 19.4 Å². The molecule has 0 aromatic heterocycles. The van der Waals surface area contributed by atoms with Gasteiger partial charge < -0.3 is 14.2 Å². The molecule has 1 aliphatic heterocycles. The number of carbonyl (C=O) groups excluding carboxylic acids is 2. The fourth-order valence-corrected chi connectivity index (χ4v) is 5.07. The summed E-state index contributed by atoms with van der Waals surface area (Å²) in [4.78, 5) is 29.5. The Labute approximate surface area is 226 Å². The highest BCUT2D eigenvalue weighted by Gasteiger charge is 2.25. The molecule has 2 aliphatic rings. The summed E-state index contributed by atoms with van der Waals surface area (Å²) in [6, 6.07) is 0. The molecular weight excluding hydrogens is 468 g/mol. The Balaban J connectivity index is 1.58. The molecule has 0 atom stereocenters. The molecule has 2 fully saturated rings. The molecule has 0 aromatic rings. The van der Waals surface area contributed by atoms with Crippen LogP contribution in [0.3, 0.4) is 0 Å². The van der Waals surface area contributed by atoms with Crippen LogP contribution in [-0.2, 0) is 23.8 Å². The smallest absolute Gasteiger partial charge is 0.307 e. The molecule has 7 heteroatoms. The Bertz CT molecular complexity index is 661. The van der Waals surface area contributed by atoms with Gasteiger partial charge in [0, 0.05) is 31.6 Å². The van der Waals surface area contributed by atoms with Crippen LogP contribution in [0.15, 0.2) is 0 Å². The third-order valence-corrected chi connectivity index (χ3v) is 8.43. The van der Waals surface area contributed by atoms with Crippen molar-refractivity contribution in [3.63, 3.8) is 0 Å². The van der Waals surface area contributed by atoms with Gasteiger partial charge in [0.05, 0.1) is 32.8 Å². The zero-order chi connectivity index (χ0) is 27.3. The summed E-state index contributed by atoms with van der Waals surface area (Å²) in [7, 11) is 0. The lowest BCUT2D eigenvalue weighted by Crippen LogP contribution is -2.44. The van der Waals surface area contributed by atoms with Crippen molar-refractivity contribution in [2.75, 3.05) is 59.2 Å². The number of rotatable bonds is 15. The highest BCUT2D eigenvalue weighted by molar-refractivity contribution is 5.69. The lowest BCUT2D eigenvalue weighted by molar-refractivity contribution is -0.148. The largest absolute Gasteiger partial charge is 0.465 e. The molecular formula is C30H56N2O5. The first-order chi connectivity index (χ1) is 17.5. The van der Waals surface area contributed by atoms with Crippen LogP contribution in [0.1, 0.15) is 99.3 Å². The van der Waals surface area contributed by atoms with Crippen molar-refractivity contribution in [3.8, 4) is 0 Å². The standard InChI is InChI=1S/C30H56N2O5/c1-7-30(5,6)15-13-27(33)36-23-25-9-11-26(12-10-25)24-37-28(34)14-18-32(29(2,3)4)17-8-16-31-19-21-35-22-20-31/h25-26H,7-24H2,1-6H3. The second-order valence-corrected chi connectivity index (χ2v) is 13.0. The highest BCUT2D eigenvalue weighted by Crippen LogP contribution is 2.30. The highest BCUT2D eigenvalue weighted by atomic mass is 16.5. The van der Waals surface area contributed by atoms with Crippen molar-refractivity contribution < 1.29 is 23.8 Å². The normalized spacial score (nSPS) is 21.7. The Hall–Kier alpha value is -1.18. The molecule has 216 valence electrons. The van der Waals surface area contributed by atoms with E-state index in [1.165, 1.54) is 0 Å². The van der Waals surface area contributed by atoms with Crippen molar-refractivity contribution in [1.29, 1.82) is 0 Å². The maximum Gasteiger partial charge on any atom is 0.307 e. The van der Waals surface area contributed by atoms with Crippen molar-refractivity contribution >= 4 is 11.9 Å². The maximum absolute atomic E-state index is 12.5. The minimum atomic E-state index is -0.0894. The van der Waals surface area contributed by atoms with Gasteiger partial charge in [-0.15, -0.1) is 0 Å². The zero-order valence-corrected chi connectivity index (χ0v) is 24.8. The van der Waals surface area contributed by atoms with Gasteiger partial charge >= 0.3 is 11.9 Å². The van der Waals surface area contributed by atoms with Gasteiger partial charge in [0.1, 0.15) is 0 Å². The van der Waals surface area contributed by atoms with E-state index >= 15 is 0 Å². The molecule has 2 rings (SSSR count). The van der Waals surface area contributed by atoms with Crippen LogP contribution in [0.5, 0.6) is 0 Å². The number of morpholine rings is 1. The molecule has 1 saturated carbocycles. The first-order valence-corrected chi connectivity index (χ1v) is 14.8. The zero-order valence-electron chi connectivity index (χ0n) is 24.8. The lowest BCUT2D eigenvalue weighted by atomic mass is 9.83. The minimum Gasteiger partial charge on any atom is -0.465 e. The van der Waals surface area contributed by atoms with E-state index in [2.05, 4.69) is 51.3 Å². The number of carbonyl (C=O) groups is 2. The van der Waals surface area contributed by atoms with Crippen LogP contribution in [0.4, 0.5) is 0 Å². The van der Waals surface area contributed by atoms with E-state index in [1.807, 2.05) is 0 Å². The topological polar surface area (TPSA) is 68.3 Å². The molecule has 37 heavy (non-hydrogen) atoms. The summed E-state index contributed by atoms with van der Waals surface area (Å²) in [5.74, 6) is 0.706. The number of hydrogen-bond acceptors (Lipinski definition) is 7. The van der Waals surface area contributed by atoms with E-state index < -0.39 is 0 Å². The first-order valence-electron chi connectivity index (χ1n) is 14.8. The predicted octanol–water partition coefficient (Wildman–Crippen LogP) is 5.31. The average Bonchev–Trinajstić information content (AvgIpc) is 2.87. The lowest BCUT2D eigenvalue weighted by Gasteiger charge is -2.36. The second-order valence-electron chi connectivity index (χ2n) is 13.0. The average molecular weight is 525 g/mol. The van der Waals surface area contributed by atoms with E-state index in [1.54, 1.807) is 0 Å². The van der Waals surface area contributed by atoms with Gasteiger partial charge in [-0.05, 0) is 89.6 Å². The SMILES string of the molecule is CCC(C)(C)CCC(=O)OCC1CCC(COC(=O)CCN(CCCN2CCOCC2)C(C)(C)C)CC1. The summed E-state index contributed by atoms with van der Waals surface area (Å²) in [5, 5.41) is 0. The molecule has 7 nitrogen and oxygen atoms in total. The second kappa shape index (κ2) is 16.0. The molecule has 1 heterocycles. The third-order valence-electron chi connectivity index (χ3n) is 8.43. The molecule has 0 amide bonds. The summed E-state index contributed by atoms with van der Waals surface area (Å²) in [6.07, 6.45) is 8.14. The number of esters is 2. The summed E-state index contributed by atoms with van der Waals surface area (Å²) < 4.78 is 16.7. The van der Waals surface area contributed by atoms with Gasteiger partial charge in [0.2, 0.25) is 0 Å². The van der Waals surface area contributed by atoms with Crippen LogP contribution in [0.25, 0.3) is 0 Å². The third kappa shape index (κ3) is 13.4. The van der Waals surface area contributed by atoms with Crippen LogP contribution < -0.4 is 0 Å². The molecule has 1 saturated heterocycles. The Kier molecular flexibility index (Phi) is 13.9. The quantitative estimate of drug-likeness (QED) is 0.269. The molecule has 0 aromatic carbocycles. The summed E-state index contributed by atoms with van der Waals surface area (Å²) >= 11 is 0. The van der Waals surface area contributed by atoms with Crippen LogP contribution >= 0.6 is 0 Å². The fourth-order valence-electron chi connectivity index (χ4n) is 5.07. The summed E-state index contributed by atoms with van der Waals surface area (Å²) in [5.41, 5.74) is 0.224. The monoisotopic (exact) mass is 524 g/mol. The van der Waals surface area contributed by atoms with Gasteiger partial charge in [-0.2, -0.15) is 0 Å². The van der Waals surface area contributed by atoms with E-state index in [9.17, 15) is 9.59 Å². The fraction of sp³-hybridized carbons (Fsp3) is 0.933. The summed E-state index contributed by atoms with van der Waals surface area (Å²) in [6.45, 7) is 20.8. The maximum atomic E-state index is 12.5. The molecule has 1 aliphatic carbocycles. The Morgan fingerprint density at radius 2 is 1.41 bits per heavy atom. The van der Waals surface area contributed by atoms with Crippen molar-refractivity contribution in [1.82, 2.24) is 9.80 Å². The number of nitrogens with zero attached hydrogens (tertiary/aromatic N) is 2. The minimum absolute atomic E-state index is 0.0271. The van der Waals surface area contributed by atoms with Gasteiger partial charge in [-0.25, -0.2) is 0 Å². The Morgan fingerprint density at radius 1 is 0.865 bits per heavy atom. The molecule has 0 spiro atoms. The number of hydrogen-bond donors (Lipinski definition) is 0. The van der Waals surface area contributed by atoms with E-state index in [-0.39, 0.29) is 22.9 Å². The predicted molar refractivity (Wildman–Crippen MR) is 148 cm³/mol. The first kappa shape index (κ1) is 32.0. The van der Waals surface area contributed by atoms with Crippen molar-refractivity contribution in [2.24, 2.45) is 17.3 Å². The van der Waals surface area contributed by atoms with Gasteiger partial charge in [0.15, 0.2) is 0 Å². The molecule has 0 radical (unpaired) electrons. The number of ether oxygens (including phenoxy) is 3. The molecule has 0 N–H and O–H groups in total. The van der Waals surface area contributed by atoms with Crippen LogP contribution in [0, 0.1) is 17.3 Å². The van der Waals surface area contributed by atoms with Crippen molar-refractivity contribution in [3.05, 3.63) is 0 Å². The van der Waals surface area contributed by atoms with Crippen LogP contribution in [0.2, 0.25) is 0 Å². The van der Waals surface area contributed by atoms with Gasteiger partial charge in [0.25, 0.3) is 0 Å². The molecule has 0 bridgehead atoms. The van der Waals surface area contributed by atoms with Gasteiger partial charge in [-0.1, -0.05) is 27.2 Å². The van der Waals surface area contributed by atoms with Crippen molar-refractivity contribution in [2.45, 2.75) is 105 Å². The van der Waals surface area contributed by atoms with E-state index in [4.69, 9.17) is 14.2 Å².